The fourth-order valence-corrected chi connectivity index (χ4v) is 1.90. The summed E-state index contributed by atoms with van der Waals surface area (Å²) in [6.45, 7) is 1.76. The van der Waals surface area contributed by atoms with Gasteiger partial charge < -0.3 is 0 Å². The summed E-state index contributed by atoms with van der Waals surface area (Å²) in [5, 5.41) is 0. The first kappa shape index (κ1) is 10.8. The highest BCUT2D eigenvalue weighted by Crippen LogP contribution is 2.40. The first-order chi connectivity index (χ1) is 5.91. The molecule has 1 rings (SSSR count). The van der Waals surface area contributed by atoms with Crippen LogP contribution in [0.3, 0.4) is 0 Å². The van der Waals surface area contributed by atoms with Crippen LogP contribution in [0.15, 0.2) is 0 Å². The van der Waals surface area contributed by atoms with Crippen molar-refractivity contribution in [3.63, 3.8) is 0 Å². The Morgan fingerprint density at radius 3 is 2.31 bits per heavy atom. The molecule has 0 aliphatic heterocycles. The Morgan fingerprint density at radius 2 is 1.77 bits per heavy atom. The zero-order chi connectivity index (χ0) is 10.1. The Morgan fingerprint density at radius 1 is 1.15 bits per heavy atom. The topological polar surface area (TPSA) is 0 Å². The van der Waals surface area contributed by atoms with Crippen molar-refractivity contribution in [1.29, 1.82) is 0 Å². The SMILES string of the molecule is CC1CCCC(F)C(C(F)(F)F)C1. The van der Waals surface area contributed by atoms with Crippen molar-refractivity contribution < 1.29 is 17.6 Å². The highest BCUT2D eigenvalue weighted by molar-refractivity contribution is 4.81. The summed E-state index contributed by atoms with van der Waals surface area (Å²) < 4.78 is 50.0. The predicted molar refractivity (Wildman–Crippen MR) is 42.1 cm³/mol. The largest absolute Gasteiger partial charge is 0.394 e. The van der Waals surface area contributed by atoms with E-state index in [4.69, 9.17) is 0 Å². The van der Waals surface area contributed by atoms with Crippen LogP contribution in [0, 0.1) is 11.8 Å². The van der Waals surface area contributed by atoms with Crippen molar-refractivity contribution in [1.82, 2.24) is 0 Å². The molecule has 0 N–H and O–H groups in total. The molecule has 3 atom stereocenters. The maximum absolute atomic E-state index is 13.1. The molecule has 0 bridgehead atoms. The smallest absolute Gasteiger partial charge is 0.247 e. The fourth-order valence-electron chi connectivity index (χ4n) is 1.90. The molecule has 0 nitrogen and oxygen atoms in total. The fraction of sp³-hybridized carbons (Fsp3) is 1.00. The van der Waals surface area contributed by atoms with Gasteiger partial charge in [-0.1, -0.05) is 19.8 Å². The van der Waals surface area contributed by atoms with E-state index >= 15 is 0 Å². The number of halogens is 4. The van der Waals surface area contributed by atoms with Crippen LogP contribution in [0.25, 0.3) is 0 Å². The van der Waals surface area contributed by atoms with E-state index in [9.17, 15) is 17.6 Å². The number of hydrogen-bond donors (Lipinski definition) is 0. The van der Waals surface area contributed by atoms with Crippen LogP contribution >= 0.6 is 0 Å². The second-order valence-electron chi connectivity index (χ2n) is 3.94. The third-order valence-electron chi connectivity index (χ3n) is 2.69. The minimum absolute atomic E-state index is 0.00706. The molecule has 3 unspecified atom stereocenters. The molecule has 0 aromatic rings. The van der Waals surface area contributed by atoms with Gasteiger partial charge in [-0.15, -0.1) is 0 Å². The molecule has 0 saturated heterocycles. The lowest BCUT2D eigenvalue weighted by Gasteiger charge is -2.22. The minimum atomic E-state index is -4.36. The van der Waals surface area contributed by atoms with Gasteiger partial charge in [-0.05, 0) is 18.8 Å². The average Bonchev–Trinajstić information content (AvgIpc) is 2.11. The first-order valence-electron chi connectivity index (χ1n) is 4.62. The van der Waals surface area contributed by atoms with Crippen LogP contribution in [-0.4, -0.2) is 12.3 Å². The van der Waals surface area contributed by atoms with Gasteiger partial charge in [-0.3, -0.25) is 0 Å². The lowest BCUT2D eigenvalue weighted by atomic mass is 9.93. The van der Waals surface area contributed by atoms with Crippen molar-refractivity contribution >= 4 is 0 Å². The van der Waals surface area contributed by atoms with Crippen molar-refractivity contribution in [2.24, 2.45) is 11.8 Å². The molecule has 1 aliphatic carbocycles. The Labute approximate surface area is 75.3 Å². The number of hydrogen-bond acceptors (Lipinski definition) is 0. The van der Waals surface area contributed by atoms with Crippen LogP contribution in [0.5, 0.6) is 0 Å². The molecule has 1 saturated carbocycles. The quantitative estimate of drug-likeness (QED) is 0.411. The van der Waals surface area contributed by atoms with Crippen LogP contribution in [0.4, 0.5) is 17.6 Å². The Kier molecular flexibility index (Phi) is 3.19. The zero-order valence-electron chi connectivity index (χ0n) is 7.57. The highest BCUT2D eigenvalue weighted by Gasteiger charge is 2.46. The zero-order valence-corrected chi connectivity index (χ0v) is 7.57. The second kappa shape index (κ2) is 3.84. The lowest BCUT2D eigenvalue weighted by molar-refractivity contribution is -0.194. The molecular weight excluding hydrogens is 184 g/mol. The van der Waals surface area contributed by atoms with Gasteiger partial charge >= 0.3 is 6.18 Å². The van der Waals surface area contributed by atoms with Crippen LogP contribution in [-0.2, 0) is 0 Å². The number of alkyl halides is 4. The van der Waals surface area contributed by atoms with E-state index in [2.05, 4.69) is 0 Å². The molecule has 0 aromatic heterocycles. The van der Waals surface area contributed by atoms with Crippen LogP contribution in [0.1, 0.15) is 32.6 Å². The predicted octanol–water partition coefficient (Wildman–Crippen LogP) is 3.71. The van der Waals surface area contributed by atoms with E-state index in [0.29, 0.717) is 12.8 Å². The van der Waals surface area contributed by atoms with Gasteiger partial charge in [0, 0.05) is 0 Å². The van der Waals surface area contributed by atoms with E-state index in [-0.39, 0.29) is 18.8 Å². The normalized spacial score (nSPS) is 37.2. The van der Waals surface area contributed by atoms with Gasteiger partial charge in [0.2, 0.25) is 0 Å². The molecule has 0 spiro atoms. The van der Waals surface area contributed by atoms with E-state index in [0.717, 1.165) is 0 Å². The standard InChI is InChI=1S/C9H14F4/c1-6-3-2-4-8(10)7(5-6)9(11,12)13/h6-8H,2-5H2,1H3. The third-order valence-corrected chi connectivity index (χ3v) is 2.69. The van der Waals surface area contributed by atoms with Gasteiger partial charge in [0.15, 0.2) is 0 Å². The van der Waals surface area contributed by atoms with Gasteiger partial charge in [-0.25, -0.2) is 4.39 Å². The number of rotatable bonds is 0. The first-order valence-corrected chi connectivity index (χ1v) is 4.62. The van der Waals surface area contributed by atoms with Crippen molar-refractivity contribution in [2.45, 2.75) is 45.0 Å². The highest BCUT2D eigenvalue weighted by atomic mass is 19.4. The van der Waals surface area contributed by atoms with Crippen LogP contribution < -0.4 is 0 Å². The molecule has 13 heavy (non-hydrogen) atoms. The van der Waals surface area contributed by atoms with Crippen molar-refractivity contribution in [2.75, 3.05) is 0 Å². The summed E-state index contributed by atoms with van der Waals surface area (Å²) in [5.74, 6) is -1.74. The summed E-state index contributed by atoms with van der Waals surface area (Å²) in [4.78, 5) is 0. The monoisotopic (exact) mass is 198 g/mol. The molecular formula is C9H14F4. The lowest BCUT2D eigenvalue weighted by Crippen LogP contribution is -2.31. The van der Waals surface area contributed by atoms with Gasteiger partial charge in [0.25, 0.3) is 0 Å². The average molecular weight is 198 g/mol. The summed E-state index contributed by atoms with van der Waals surface area (Å²) >= 11 is 0. The van der Waals surface area contributed by atoms with Gasteiger partial charge in [-0.2, -0.15) is 13.2 Å². The summed E-state index contributed by atoms with van der Waals surface area (Å²) in [7, 11) is 0. The van der Waals surface area contributed by atoms with E-state index in [1.165, 1.54) is 0 Å². The Balaban J connectivity index is 2.67. The molecule has 4 heteroatoms. The van der Waals surface area contributed by atoms with Gasteiger partial charge in [0.05, 0.1) is 5.92 Å². The van der Waals surface area contributed by atoms with Crippen molar-refractivity contribution in [3.05, 3.63) is 0 Å². The molecule has 0 radical (unpaired) electrons. The molecule has 1 fully saturated rings. The maximum atomic E-state index is 13.1. The molecule has 0 amide bonds. The second-order valence-corrected chi connectivity index (χ2v) is 3.94. The van der Waals surface area contributed by atoms with E-state index < -0.39 is 18.3 Å². The van der Waals surface area contributed by atoms with Crippen molar-refractivity contribution in [3.8, 4) is 0 Å². The summed E-state index contributed by atoms with van der Waals surface area (Å²) in [6.07, 6.45) is -4.75. The van der Waals surface area contributed by atoms with Gasteiger partial charge in [0.1, 0.15) is 6.17 Å². The van der Waals surface area contributed by atoms with E-state index in [1.807, 2.05) is 0 Å². The summed E-state index contributed by atoms with van der Waals surface area (Å²) in [5.41, 5.74) is 0. The van der Waals surface area contributed by atoms with Crippen LogP contribution in [0.2, 0.25) is 0 Å². The Bertz CT molecular complexity index is 163. The molecule has 1 aliphatic rings. The molecule has 0 heterocycles. The third kappa shape index (κ3) is 2.85. The minimum Gasteiger partial charge on any atom is -0.247 e. The molecule has 0 aromatic carbocycles. The maximum Gasteiger partial charge on any atom is 0.394 e. The van der Waals surface area contributed by atoms with E-state index in [1.54, 1.807) is 6.92 Å². The summed E-state index contributed by atoms with van der Waals surface area (Å²) in [6, 6.07) is 0. The Hall–Kier alpha value is -0.280. The molecule has 78 valence electrons.